The Morgan fingerprint density at radius 3 is 2.33 bits per heavy atom. The second kappa shape index (κ2) is 10.5. The maximum absolute atomic E-state index is 13.4. The highest BCUT2D eigenvalue weighted by atomic mass is 35.5. The molecule has 0 spiro atoms. The molecule has 0 radical (unpaired) electrons. The minimum atomic E-state index is -0.0782. The van der Waals surface area contributed by atoms with Crippen molar-refractivity contribution < 1.29 is 14.0 Å². The number of anilines is 1. The van der Waals surface area contributed by atoms with Gasteiger partial charge in [-0.3, -0.25) is 4.79 Å². The third-order valence-corrected chi connectivity index (χ3v) is 8.12. The summed E-state index contributed by atoms with van der Waals surface area (Å²) in [6, 6.07) is 7.45. The average molecular weight is 519 g/mol. The molecule has 0 aliphatic carbocycles. The van der Waals surface area contributed by atoms with E-state index in [9.17, 15) is 9.59 Å². The predicted octanol–water partition coefficient (Wildman–Crippen LogP) is 3.58. The number of halogens is 1. The lowest BCUT2D eigenvalue weighted by molar-refractivity contribution is 0.0463. The first-order valence-corrected chi connectivity index (χ1v) is 12.9. The molecule has 2 bridgehead atoms. The minimum absolute atomic E-state index is 0. The van der Waals surface area contributed by atoms with E-state index in [0.717, 1.165) is 12.8 Å². The largest absolute Gasteiger partial charge is 0.423 e. The topological polar surface area (TPSA) is 85.2 Å². The van der Waals surface area contributed by atoms with Crippen LogP contribution in [-0.2, 0) is 0 Å². The number of piperazine rings is 1. The molecule has 3 amide bonds. The highest BCUT2D eigenvalue weighted by Gasteiger charge is 2.38. The first-order valence-electron chi connectivity index (χ1n) is 12.9. The van der Waals surface area contributed by atoms with E-state index < -0.39 is 0 Å². The number of nitrogens with one attached hydrogen (secondary N) is 1. The molecule has 2 unspecified atom stereocenters. The number of hydrogen-bond donors (Lipinski definition) is 1. The van der Waals surface area contributed by atoms with Crippen LogP contribution in [-0.4, -0.2) is 96.1 Å². The monoisotopic (exact) mass is 518 g/mol. The quantitative estimate of drug-likeness (QED) is 0.668. The van der Waals surface area contributed by atoms with E-state index in [1.165, 1.54) is 19.3 Å². The summed E-state index contributed by atoms with van der Waals surface area (Å²) >= 11 is 0. The normalized spacial score (nSPS) is 28.5. The number of carbonyl (C=O) groups is 2. The highest BCUT2D eigenvalue weighted by Crippen LogP contribution is 2.33. The van der Waals surface area contributed by atoms with Crippen LogP contribution in [0.4, 0.5) is 10.8 Å². The number of urea groups is 1. The van der Waals surface area contributed by atoms with Crippen molar-refractivity contribution in [2.24, 2.45) is 0 Å². The van der Waals surface area contributed by atoms with Crippen LogP contribution in [0.3, 0.4) is 0 Å². The Bertz CT molecular complexity index is 1080. The molecular formula is C26H39ClN6O3. The summed E-state index contributed by atoms with van der Waals surface area (Å²) in [6.45, 7) is 5.33. The zero-order valence-corrected chi connectivity index (χ0v) is 22.8. The first kappa shape index (κ1) is 26.5. The van der Waals surface area contributed by atoms with E-state index in [4.69, 9.17) is 9.40 Å². The summed E-state index contributed by atoms with van der Waals surface area (Å²) in [7, 11) is 5.77. The SMILES string of the molecule is C[C@H]1CN(C(=O)N(C)C)C[C@H](C)N1c1nc2c(C(=O)NC3CC4CCCC(C3)N4C)cccc2o1.Cl. The van der Waals surface area contributed by atoms with E-state index in [1.807, 2.05) is 23.1 Å². The Balaban J connectivity index is 0.00000304. The third kappa shape index (κ3) is 4.87. The van der Waals surface area contributed by atoms with Crippen LogP contribution in [0.2, 0.25) is 0 Å². The van der Waals surface area contributed by atoms with Gasteiger partial charge in [-0.05, 0) is 58.7 Å². The number of hydrogen-bond acceptors (Lipinski definition) is 6. The molecule has 36 heavy (non-hydrogen) atoms. The lowest BCUT2D eigenvalue weighted by atomic mass is 9.82. The van der Waals surface area contributed by atoms with Crippen LogP contribution in [0.25, 0.3) is 11.1 Å². The molecular weight excluding hydrogens is 480 g/mol. The van der Waals surface area contributed by atoms with Crippen LogP contribution >= 0.6 is 12.4 Å². The molecule has 3 aliphatic rings. The van der Waals surface area contributed by atoms with Gasteiger partial charge in [0.15, 0.2) is 5.58 Å². The van der Waals surface area contributed by atoms with Gasteiger partial charge in [-0.2, -0.15) is 4.98 Å². The van der Waals surface area contributed by atoms with Crippen LogP contribution in [0.1, 0.15) is 56.3 Å². The van der Waals surface area contributed by atoms with Gasteiger partial charge in [0.2, 0.25) is 0 Å². The third-order valence-electron chi connectivity index (χ3n) is 8.12. The van der Waals surface area contributed by atoms with Crippen molar-refractivity contribution in [3.05, 3.63) is 23.8 Å². The second-order valence-electron chi connectivity index (χ2n) is 10.9. The van der Waals surface area contributed by atoms with Gasteiger partial charge in [0, 0.05) is 57.4 Å². The number of amides is 3. The molecule has 2 aromatic rings. The van der Waals surface area contributed by atoms with Gasteiger partial charge < -0.3 is 29.3 Å². The van der Waals surface area contributed by atoms with Gasteiger partial charge in [0.1, 0.15) is 5.52 Å². The summed E-state index contributed by atoms with van der Waals surface area (Å²) in [5.74, 6) is -0.0782. The van der Waals surface area contributed by atoms with E-state index >= 15 is 0 Å². The summed E-state index contributed by atoms with van der Waals surface area (Å²) < 4.78 is 6.16. The Labute approximate surface area is 219 Å². The lowest BCUT2D eigenvalue weighted by Crippen LogP contribution is -2.59. The lowest BCUT2D eigenvalue weighted by Gasteiger charge is -2.47. The predicted molar refractivity (Wildman–Crippen MR) is 143 cm³/mol. The fourth-order valence-corrected chi connectivity index (χ4v) is 6.37. The number of nitrogens with zero attached hydrogens (tertiary/aromatic N) is 5. The van der Waals surface area contributed by atoms with Gasteiger partial charge in [0.25, 0.3) is 11.9 Å². The van der Waals surface area contributed by atoms with Crippen LogP contribution in [0.5, 0.6) is 0 Å². The van der Waals surface area contributed by atoms with Crippen molar-refractivity contribution in [1.82, 2.24) is 25.0 Å². The number of para-hydroxylation sites is 1. The maximum atomic E-state index is 13.4. The first-order chi connectivity index (χ1) is 16.7. The minimum Gasteiger partial charge on any atom is -0.423 e. The molecule has 4 heterocycles. The molecule has 3 fully saturated rings. The molecule has 3 saturated heterocycles. The molecule has 198 valence electrons. The Morgan fingerprint density at radius 1 is 1.08 bits per heavy atom. The summed E-state index contributed by atoms with van der Waals surface area (Å²) in [5, 5.41) is 3.30. The molecule has 1 aromatic heterocycles. The Hall–Kier alpha value is -2.52. The highest BCUT2D eigenvalue weighted by molar-refractivity contribution is 6.04. The molecule has 10 heteroatoms. The Kier molecular flexibility index (Phi) is 7.71. The molecule has 9 nitrogen and oxygen atoms in total. The average Bonchev–Trinajstić information content (AvgIpc) is 3.22. The van der Waals surface area contributed by atoms with Gasteiger partial charge in [-0.25, -0.2) is 4.79 Å². The van der Waals surface area contributed by atoms with Crippen molar-refractivity contribution >= 4 is 41.5 Å². The van der Waals surface area contributed by atoms with Crippen LogP contribution in [0.15, 0.2) is 22.6 Å². The zero-order chi connectivity index (χ0) is 24.9. The van der Waals surface area contributed by atoms with Crippen LogP contribution in [0, 0.1) is 0 Å². The summed E-state index contributed by atoms with van der Waals surface area (Å²) in [4.78, 5) is 38.7. The molecule has 4 atom stereocenters. The van der Waals surface area contributed by atoms with E-state index in [-0.39, 0.29) is 42.5 Å². The number of oxazole rings is 1. The smallest absolute Gasteiger partial charge is 0.319 e. The number of piperidine rings is 2. The van der Waals surface area contributed by atoms with Gasteiger partial charge in [-0.15, -0.1) is 12.4 Å². The molecule has 0 saturated carbocycles. The summed E-state index contributed by atoms with van der Waals surface area (Å²) in [6.07, 6.45) is 5.72. The second-order valence-corrected chi connectivity index (χ2v) is 10.9. The fourth-order valence-electron chi connectivity index (χ4n) is 6.37. The molecule has 1 N–H and O–H groups in total. The van der Waals surface area contributed by atoms with Crippen LogP contribution < -0.4 is 10.2 Å². The number of fused-ring (bicyclic) bond motifs is 3. The van der Waals surface area contributed by atoms with Crippen molar-refractivity contribution in [3.63, 3.8) is 0 Å². The number of aromatic nitrogens is 1. The number of carbonyl (C=O) groups excluding carboxylic acids is 2. The summed E-state index contributed by atoms with van der Waals surface area (Å²) in [5.41, 5.74) is 1.77. The van der Waals surface area contributed by atoms with Crippen molar-refractivity contribution in [3.8, 4) is 0 Å². The van der Waals surface area contributed by atoms with E-state index in [0.29, 0.717) is 47.9 Å². The number of benzene rings is 1. The van der Waals surface area contributed by atoms with E-state index in [2.05, 4.69) is 36.0 Å². The zero-order valence-electron chi connectivity index (χ0n) is 21.9. The molecule has 5 rings (SSSR count). The number of rotatable bonds is 3. The maximum Gasteiger partial charge on any atom is 0.319 e. The van der Waals surface area contributed by atoms with E-state index in [1.54, 1.807) is 19.0 Å². The molecule has 3 aliphatic heterocycles. The van der Waals surface area contributed by atoms with Crippen molar-refractivity contribution in [2.45, 2.75) is 76.2 Å². The van der Waals surface area contributed by atoms with Gasteiger partial charge in [0.05, 0.1) is 5.56 Å². The van der Waals surface area contributed by atoms with Crippen molar-refractivity contribution in [1.29, 1.82) is 0 Å². The standard InChI is InChI=1S/C26H38N6O3.ClH/c1-16-14-31(26(34)29(3)4)15-17(2)32(16)25-28-23-21(10-7-11-22(23)35-25)24(33)27-18-12-19-8-6-9-20(13-18)30(19)5;/h7,10-11,16-20H,6,8-9,12-15H2,1-5H3,(H,27,33);1H/t16-,17-,18?,19?,20?;/m0./s1. The van der Waals surface area contributed by atoms with Crippen molar-refractivity contribution in [2.75, 3.05) is 39.1 Å². The Morgan fingerprint density at radius 2 is 1.72 bits per heavy atom. The fraction of sp³-hybridized carbons (Fsp3) is 0.654. The van der Waals surface area contributed by atoms with Gasteiger partial charge in [-0.1, -0.05) is 12.5 Å². The van der Waals surface area contributed by atoms with Gasteiger partial charge >= 0.3 is 6.03 Å². The molecule has 1 aromatic carbocycles.